The smallest absolute Gasteiger partial charge is 0.475 e. The number of carboxylic acid groups (broad SMARTS) is 2. The highest BCUT2D eigenvalue weighted by Gasteiger charge is 2.38. The summed E-state index contributed by atoms with van der Waals surface area (Å²) in [4.78, 5) is 43.2. The van der Waals surface area contributed by atoms with Crippen LogP contribution in [0.3, 0.4) is 0 Å². The van der Waals surface area contributed by atoms with E-state index in [0.29, 0.717) is 18.8 Å². The second kappa shape index (κ2) is 13.6. The van der Waals surface area contributed by atoms with Gasteiger partial charge in [0.25, 0.3) is 5.91 Å². The first-order valence-electron chi connectivity index (χ1n) is 11.1. The number of hydrogen-bond acceptors (Lipinski definition) is 7. The number of furan rings is 1. The summed E-state index contributed by atoms with van der Waals surface area (Å²) in [6.45, 7) is 3.40. The van der Waals surface area contributed by atoms with Crippen molar-refractivity contribution in [3.8, 4) is 0 Å². The lowest BCUT2D eigenvalue weighted by Crippen LogP contribution is -2.38. The maximum atomic E-state index is 12.6. The number of aliphatic carboxylic acids is 2. The van der Waals surface area contributed by atoms with Crippen molar-refractivity contribution in [2.45, 2.75) is 38.5 Å². The SMILES string of the molecule is CN(Cc1cn2c(n1)CN(C(=O)c1ccccn1)CC2)Cc1ccco1.O=C(O)C(F)(F)F.O=C(O)C(F)(F)F. The number of halogens is 6. The van der Waals surface area contributed by atoms with Crippen LogP contribution in [0.4, 0.5) is 26.3 Å². The Morgan fingerprint density at radius 2 is 1.60 bits per heavy atom. The molecule has 2 N–H and O–H groups in total. The number of fused-ring (bicyclic) bond motifs is 1. The van der Waals surface area contributed by atoms with Crippen LogP contribution in [0, 0.1) is 0 Å². The number of rotatable bonds is 5. The minimum absolute atomic E-state index is 0.0451. The van der Waals surface area contributed by atoms with E-state index in [4.69, 9.17) is 29.2 Å². The van der Waals surface area contributed by atoms with Gasteiger partial charge in [0.2, 0.25) is 0 Å². The minimum atomic E-state index is -5.08. The fraction of sp³-hybridized carbons (Fsp3) is 0.348. The average Bonchev–Trinajstić information content (AvgIpc) is 3.52. The van der Waals surface area contributed by atoms with Gasteiger partial charge in [-0.2, -0.15) is 26.3 Å². The first kappa shape index (κ1) is 31.8. The number of carbonyl (C=O) groups excluding carboxylic acids is 1. The third-order valence-electron chi connectivity index (χ3n) is 4.95. The number of imidazole rings is 1. The molecule has 4 heterocycles. The highest BCUT2D eigenvalue weighted by Crippen LogP contribution is 2.17. The van der Waals surface area contributed by atoms with Crippen LogP contribution in [0.2, 0.25) is 0 Å². The molecular formula is C23H23F6N5O6. The van der Waals surface area contributed by atoms with Gasteiger partial charge in [-0.15, -0.1) is 0 Å². The van der Waals surface area contributed by atoms with Crippen LogP contribution in [-0.2, 0) is 35.8 Å². The summed E-state index contributed by atoms with van der Waals surface area (Å²) < 4.78 is 71.0. The molecule has 0 bridgehead atoms. The lowest BCUT2D eigenvalue weighted by molar-refractivity contribution is -0.193. The summed E-state index contributed by atoms with van der Waals surface area (Å²) in [7, 11) is 2.04. The van der Waals surface area contributed by atoms with Gasteiger partial charge >= 0.3 is 24.3 Å². The number of pyridine rings is 1. The lowest BCUT2D eigenvalue weighted by atomic mass is 10.3. The maximum absolute atomic E-state index is 12.6. The van der Waals surface area contributed by atoms with Crippen molar-refractivity contribution in [1.82, 2.24) is 24.3 Å². The fourth-order valence-corrected chi connectivity index (χ4v) is 3.21. The molecule has 0 aliphatic carbocycles. The molecule has 1 aliphatic heterocycles. The molecule has 3 aromatic heterocycles. The molecular weight excluding hydrogens is 556 g/mol. The van der Waals surface area contributed by atoms with Gasteiger partial charge in [0.05, 0.1) is 25.0 Å². The van der Waals surface area contributed by atoms with E-state index >= 15 is 0 Å². The van der Waals surface area contributed by atoms with Gasteiger partial charge in [0.1, 0.15) is 17.3 Å². The van der Waals surface area contributed by atoms with Crippen molar-refractivity contribution >= 4 is 17.8 Å². The summed E-state index contributed by atoms with van der Waals surface area (Å²) >= 11 is 0. The van der Waals surface area contributed by atoms with E-state index in [1.807, 2.05) is 31.3 Å². The van der Waals surface area contributed by atoms with Crippen LogP contribution in [0.5, 0.6) is 0 Å². The molecule has 3 aromatic rings. The number of aromatic nitrogens is 3. The summed E-state index contributed by atoms with van der Waals surface area (Å²) in [5.74, 6) is -3.71. The molecule has 218 valence electrons. The van der Waals surface area contributed by atoms with Gasteiger partial charge in [-0.25, -0.2) is 14.6 Å². The molecule has 1 amide bonds. The quantitative estimate of drug-likeness (QED) is 0.435. The molecule has 0 fully saturated rings. The summed E-state index contributed by atoms with van der Waals surface area (Å²) in [5.41, 5.74) is 1.48. The number of carbonyl (C=O) groups is 3. The van der Waals surface area contributed by atoms with Gasteiger partial charge in [0.15, 0.2) is 0 Å². The van der Waals surface area contributed by atoms with Crippen molar-refractivity contribution in [1.29, 1.82) is 0 Å². The zero-order chi connectivity index (χ0) is 30.1. The predicted molar refractivity (Wildman–Crippen MR) is 122 cm³/mol. The Bertz CT molecular complexity index is 1240. The molecule has 0 radical (unpaired) electrons. The molecule has 0 saturated heterocycles. The van der Waals surface area contributed by atoms with Gasteiger partial charge in [-0.05, 0) is 31.3 Å². The van der Waals surface area contributed by atoms with Crippen LogP contribution in [-0.4, -0.2) is 78.3 Å². The van der Waals surface area contributed by atoms with Crippen molar-refractivity contribution in [3.05, 3.63) is 72.0 Å². The Kier molecular flexibility index (Phi) is 10.8. The Morgan fingerprint density at radius 3 is 2.10 bits per heavy atom. The van der Waals surface area contributed by atoms with Crippen molar-refractivity contribution in [2.75, 3.05) is 13.6 Å². The molecule has 11 nitrogen and oxygen atoms in total. The number of hydrogen-bond donors (Lipinski definition) is 2. The second-order valence-corrected chi connectivity index (χ2v) is 8.14. The monoisotopic (exact) mass is 579 g/mol. The van der Waals surface area contributed by atoms with E-state index in [1.165, 1.54) is 0 Å². The van der Waals surface area contributed by atoms with Gasteiger partial charge in [-0.3, -0.25) is 14.7 Å². The number of carboxylic acids is 2. The van der Waals surface area contributed by atoms with Crippen molar-refractivity contribution < 1.29 is 55.4 Å². The molecule has 0 aromatic carbocycles. The van der Waals surface area contributed by atoms with Gasteiger partial charge < -0.3 is 24.1 Å². The van der Waals surface area contributed by atoms with Gasteiger partial charge in [-0.1, -0.05) is 6.07 Å². The minimum Gasteiger partial charge on any atom is -0.475 e. The topological polar surface area (TPSA) is 142 Å². The average molecular weight is 579 g/mol. The fourth-order valence-electron chi connectivity index (χ4n) is 3.21. The van der Waals surface area contributed by atoms with Crippen molar-refractivity contribution in [2.24, 2.45) is 0 Å². The zero-order valence-electron chi connectivity index (χ0n) is 20.7. The molecule has 4 rings (SSSR count). The number of nitrogens with zero attached hydrogens (tertiary/aromatic N) is 5. The lowest BCUT2D eigenvalue weighted by Gasteiger charge is -2.27. The molecule has 0 saturated carbocycles. The number of alkyl halides is 6. The van der Waals surface area contributed by atoms with E-state index in [2.05, 4.69) is 20.6 Å². The summed E-state index contributed by atoms with van der Waals surface area (Å²) in [6.07, 6.45) is -4.76. The Labute approximate surface area is 222 Å². The number of amides is 1. The molecule has 0 unspecified atom stereocenters. The predicted octanol–water partition coefficient (Wildman–Crippen LogP) is 3.43. The standard InChI is InChI=1S/C19H21N5O2.2C2HF3O2/c1-22(13-16-5-4-10-26-16)11-15-12-23-8-9-24(14-18(23)21-15)19(25)17-6-2-3-7-20-17;2*3-2(4,5)1(6)7/h2-7,10,12H,8-9,11,13-14H2,1H3;2*(H,6,7). The van der Waals surface area contributed by atoms with E-state index in [0.717, 1.165) is 36.9 Å². The zero-order valence-corrected chi connectivity index (χ0v) is 20.7. The van der Waals surface area contributed by atoms with Crippen LogP contribution in [0.25, 0.3) is 0 Å². The van der Waals surface area contributed by atoms with E-state index in [1.54, 1.807) is 23.4 Å². The Hall–Kier alpha value is -4.41. The molecule has 17 heteroatoms. The van der Waals surface area contributed by atoms with E-state index in [9.17, 15) is 31.1 Å². The summed E-state index contributed by atoms with van der Waals surface area (Å²) in [6, 6.07) is 9.25. The first-order chi connectivity index (χ1) is 18.6. The van der Waals surface area contributed by atoms with Crippen LogP contribution >= 0.6 is 0 Å². The Balaban J connectivity index is 0.000000333. The normalized spacial score (nSPS) is 12.9. The molecule has 0 atom stereocenters. The largest absolute Gasteiger partial charge is 0.490 e. The van der Waals surface area contributed by atoms with E-state index < -0.39 is 24.3 Å². The Morgan fingerprint density at radius 1 is 0.975 bits per heavy atom. The molecule has 40 heavy (non-hydrogen) atoms. The van der Waals surface area contributed by atoms with Gasteiger partial charge in [0, 0.05) is 32.0 Å². The third-order valence-corrected chi connectivity index (χ3v) is 4.95. The van der Waals surface area contributed by atoms with Crippen LogP contribution < -0.4 is 0 Å². The third kappa shape index (κ3) is 10.0. The van der Waals surface area contributed by atoms with Crippen molar-refractivity contribution in [3.63, 3.8) is 0 Å². The first-order valence-corrected chi connectivity index (χ1v) is 11.1. The highest BCUT2D eigenvalue weighted by atomic mass is 19.4. The maximum Gasteiger partial charge on any atom is 0.490 e. The van der Waals surface area contributed by atoms with Crippen LogP contribution in [0.15, 0.2) is 53.4 Å². The highest BCUT2D eigenvalue weighted by molar-refractivity contribution is 5.92. The second-order valence-electron chi connectivity index (χ2n) is 8.14. The van der Waals surface area contributed by atoms with Crippen LogP contribution in [0.1, 0.15) is 27.8 Å². The molecule has 1 aliphatic rings. The van der Waals surface area contributed by atoms with E-state index in [-0.39, 0.29) is 5.91 Å². The molecule has 0 spiro atoms. The summed E-state index contributed by atoms with van der Waals surface area (Å²) in [5, 5.41) is 14.2.